The molecule has 1 heterocycles. The molecule has 1 aliphatic heterocycles. The lowest BCUT2D eigenvalue weighted by atomic mass is 10.1. The maximum absolute atomic E-state index is 12.2. The van der Waals surface area contributed by atoms with Crippen molar-refractivity contribution in [3.63, 3.8) is 0 Å². The summed E-state index contributed by atoms with van der Waals surface area (Å²) in [5.41, 5.74) is 1.82. The number of benzene rings is 2. The van der Waals surface area contributed by atoms with E-state index in [0.29, 0.717) is 48.3 Å². The van der Waals surface area contributed by atoms with Crippen molar-refractivity contribution in [2.45, 2.75) is 19.3 Å². The average Bonchev–Trinajstić information content (AvgIpc) is 2.67. The van der Waals surface area contributed by atoms with Crippen LogP contribution in [-0.4, -0.2) is 33.3 Å². The molecule has 0 saturated carbocycles. The Hall–Kier alpha value is -2.89. The maximum Gasteiger partial charge on any atom is 0.224 e. The molecule has 0 saturated heterocycles. The molecule has 0 aromatic heterocycles. The largest absolute Gasteiger partial charge is 0.493 e. The summed E-state index contributed by atoms with van der Waals surface area (Å²) in [6.07, 6.45) is 1.96. The number of carbonyl (C=O) groups is 1. The number of hydrogen-bond donors (Lipinski definition) is 1. The minimum atomic E-state index is -0.0258. The lowest BCUT2D eigenvalue weighted by molar-refractivity contribution is -0.116. The van der Waals surface area contributed by atoms with Crippen LogP contribution in [0.25, 0.3) is 0 Å². The van der Waals surface area contributed by atoms with Gasteiger partial charge in [-0.2, -0.15) is 0 Å². The zero-order valence-electron chi connectivity index (χ0n) is 15.0. The van der Waals surface area contributed by atoms with Crippen molar-refractivity contribution < 1.29 is 23.7 Å². The highest BCUT2D eigenvalue weighted by atomic mass is 16.6. The summed E-state index contributed by atoms with van der Waals surface area (Å²) in [6.45, 7) is 1.07. The molecule has 0 unspecified atom stereocenters. The fourth-order valence-electron chi connectivity index (χ4n) is 2.83. The van der Waals surface area contributed by atoms with E-state index in [2.05, 4.69) is 5.32 Å². The molecule has 1 aliphatic rings. The van der Waals surface area contributed by atoms with Gasteiger partial charge in [0, 0.05) is 18.2 Å². The topological polar surface area (TPSA) is 66.0 Å². The molecule has 6 nitrogen and oxygen atoms in total. The summed E-state index contributed by atoms with van der Waals surface area (Å²) in [4.78, 5) is 12.2. The first kappa shape index (κ1) is 17.9. The molecule has 2 aromatic carbocycles. The fourth-order valence-corrected chi connectivity index (χ4v) is 2.83. The summed E-state index contributed by atoms with van der Waals surface area (Å²) in [5.74, 6) is 2.75. The van der Waals surface area contributed by atoms with Gasteiger partial charge in [-0.1, -0.05) is 6.07 Å². The van der Waals surface area contributed by atoms with Crippen LogP contribution in [-0.2, 0) is 11.2 Å². The number of fused-ring (bicyclic) bond motifs is 1. The van der Waals surface area contributed by atoms with Gasteiger partial charge in [0.15, 0.2) is 23.0 Å². The molecule has 26 heavy (non-hydrogen) atoms. The smallest absolute Gasteiger partial charge is 0.224 e. The number of nitrogens with one attached hydrogen (secondary N) is 1. The van der Waals surface area contributed by atoms with Gasteiger partial charge in [0.2, 0.25) is 5.91 Å². The third-order valence-electron chi connectivity index (χ3n) is 4.14. The van der Waals surface area contributed by atoms with Gasteiger partial charge in [-0.05, 0) is 42.7 Å². The van der Waals surface area contributed by atoms with Crippen molar-refractivity contribution in [2.24, 2.45) is 0 Å². The van der Waals surface area contributed by atoms with E-state index < -0.39 is 0 Å². The first-order chi connectivity index (χ1) is 12.7. The molecular weight excluding hydrogens is 334 g/mol. The number of methoxy groups -OCH3 is 2. The lowest BCUT2D eigenvalue weighted by Crippen LogP contribution is -2.16. The Labute approximate surface area is 153 Å². The third-order valence-corrected chi connectivity index (χ3v) is 4.14. The molecule has 1 N–H and O–H groups in total. The van der Waals surface area contributed by atoms with Crippen molar-refractivity contribution in [3.05, 3.63) is 42.0 Å². The quantitative estimate of drug-likeness (QED) is 0.822. The molecule has 6 heteroatoms. The lowest BCUT2D eigenvalue weighted by Gasteiger charge is -2.19. The van der Waals surface area contributed by atoms with Gasteiger partial charge in [0.1, 0.15) is 13.2 Å². The highest BCUT2D eigenvalue weighted by Gasteiger charge is 2.13. The van der Waals surface area contributed by atoms with Crippen LogP contribution < -0.4 is 24.3 Å². The van der Waals surface area contributed by atoms with Crippen LogP contribution in [0, 0.1) is 0 Å². The second-order valence-electron chi connectivity index (χ2n) is 5.95. The number of amides is 1. The summed E-state index contributed by atoms with van der Waals surface area (Å²) in [6, 6.07) is 11.2. The summed E-state index contributed by atoms with van der Waals surface area (Å²) in [7, 11) is 3.22. The molecule has 0 radical (unpaired) electrons. The standard InChI is InChI=1S/C20H23NO5/c1-23-16-8-6-14(12-18(16)24-2)4-3-5-20(22)21-15-7-9-17-19(13-15)26-11-10-25-17/h6-9,12-13H,3-5,10-11H2,1-2H3,(H,21,22). The number of ether oxygens (including phenoxy) is 4. The first-order valence-electron chi connectivity index (χ1n) is 8.60. The Morgan fingerprint density at radius 3 is 2.54 bits per heavy atom. The van der Waals surface area contributed by atoms with Gasteiger partial charge >= 0.3 is 0 Å². The maximum atomic E-state index is 12.2. The van der Waals surface area contributed by atoms with Crippen LogP contribution >= 0.6 is 0 Å². The van der Waals surface area contributed by atoms with E-state index in [0.717, 1.165) is 18.4 Å². The van der Waals surface area contributed by atoms with E-state index in [4.69, 9.17) is 18.9 Å². The predicted octanol–water partition coefficient (Wildman–Crippen LogP) is 3.44. The molecule has 0 spiro atoms. The fraction of sp³-hybridized carbons (Fsp3) is 0.350. The van der Waals surface area contributed by atoms with Crippen LogP contribution in [0.3, 0.4) is 0 Å². The van der Waals surface area contributed by atoms with Gasteiger partial charge in [0.05, 0.1) is 14.2 Å². The molecule has 2 aromatic rings. The van der Waals surface area contributed by atoms with Gasteiger partial charge in [-0.3, -0.25) is 4.79 Å². The monoisotopic (exact) mass is 357 g/mol. The van der Waals surface area contributed by atoms with Crippen LogP contribution in [0.2, 0.25) is 0 Å². The van der Waals surface area contributed by atoms with Crippen molar-refractivity contribution in [2.75, 3.05) is 32.8 Å². The highest BCUT2D eigenvalue weighted by molar-refractivity contribution is 5.91. The zero-order valence-corrected chi connectivity index (χ0v) is 15.0. The average molecular weight is 357 g/mol. The normalized spacial score (nSPS) is 12.4. The van der Waals surface area contributed by atoms with Gasteiger partial charge in [-0.25, -0.2) is 0 Å². The third kappa shape index (κ3) is 4.39. The summed E-state index contributed by atoms with van der Waals surface area (Å²) < 4.78 is 21.5. The number of aryl methyl sites for hydroxylation is 1. The Balaban J connectivity index is 1.50. The SMILES string of the molecule is COc1ccc(CCCC(=O)Nc2ccc3c(c2)OCCO3)cc1OC. The minimum absolute atomic E-state index is 0.0258. The first-order valence-corrected chi connectivity index (χ1v) is 8.60. The minimum Gasteiger partial charge on any atom is -0.493 e. The van der Waals surface area contributed by atoms with E-state index in [1.807, 2.05) is 30.3 Å². The molecule has 0 bridgehead atoms. The summed E-state index contributed by atoms with van der Waals surface area (Å²) >= 11 is 0. The number of hydrogen-bond acceptors (Lipinski definition) is 5. The molecule has 0 atom stereocenters. The van der Waals surface area contributed by atoms with Gasteiger partial charge < -0.3 is 24.3 Å². The zero-order chi connectivity index (χ0) is 18.4. The number of anilines is 1. The van der Waals surface area contributed by atoms with E-state index in [-0.39, 0.29) is 5.91 Å². The van der Waals surface area contributed by atoms with Crippen LogP contribution in [0.4, 0.5) is 5.69 Å². The van der Waals surface area contributed by atoms with Crippen LogP contribution in [0.1, 0.15) is 18.4 Å². The molecular formula is C20H23NO5. The summed E-state index contributed by atoms with van der Waals surface area (Å²) in [5, 5.41) is 2.90. The Kier molecular flexibility index (Phi) is 5.84. The molecule has 138 valence electrons. The van der Waals surface area contributed by atoms with Crippen molar-refractivity contribution in [1.82, 2.24) is 0 Å². The van der Waals surface area contributed by atoms with Crippen molar-refractivity contribution in [1.29, 1.82) is 0 Å². The highest BCUT2D eigenvalue weighted by Crippen LogP contribution is 2.32. The van der Waals surface area contributed by atoms with Crippen LogP contribution in [0.5, 0.6) is 23.0 Å². The molecule has 1 amide bonds. The predicted molar refractivity (Wildman–Crippen MR) is 98.5 cm³/mol. The van der Waals surface area contributed by atoms with Gasteiger partial charge in [-0.15, -0.1) is 0 Å². The van der Waals surface area contributed by atoms with Crippen LogP contribution in [0.15, 0.2) is 36.4 Å². The molecule has 3 rings (SSSR count). The second-order valence-corrected chi connectivity index (χ2v) is 5.95. The van der Waals surface area contributed by atoms with E-state index >= 15 is 0 Å². The number of rotatable bonds is 7. The van der Waals surface area contributed by atoms with Crippen molar-refractivity contribution in [3.8, 4) is 23.0 Å². The Morgan fingerprint density at radius 2 is 1.77 bits per heavy atom. The molecule has 0 fully saturated rings. The Bertz CT molecular complexity index is 775. The second kappa shape index (κ2) is 8.47. The van der Waals surface area contributed by atoms with E-state index in [1.165, 1.54) is 0 Å². The van der Waals surface area contributed by atoms with E-state index in [1.54, 1.807) is 20.3 Å². The van der Waals surface area contributed by atoms with Gasteiger partial charge in [0.25, 0.3) is 0 Å². The number of carbonyl (C=O) groups excluding carboxylic acids is 1. The molecule has 0 aliphatic carbocycles. The van der Waals surface area contributed by atoms with Crippen molar-refractivity contribution >= 4 is 11.6 Å². The van der Waals surface area contributed by atoms with E-state index in [9.17, 15) is 4.79 Å². The Morgan fingerprint density at radius 1 is 1.00 bits per heavy atom.